The minimum Gasteiger partial charge on any atom is -1.00 e. The fourth-order valence-electron chi connectivity index (χ4n) is 9.93. The van der Waals surface area contributed by atoms with Gasteiger partial charge in [0.15, 0.2) is 0 Å². The van der Waals surface area contributed by atoms with E-state index >= 15 is 0 Å². The predicted molar refractivity (Wildman–Crippen MR) is 326 cm³/mol. The first-order valence-electron chi connectivity index (χ1n) is 29.7. The fourth-order valence-corrected chi connectivity index (χ4v) is 9.93. The van der Waals surface area contributed by atoms with Gasteiger partial charge in [0.1, 0.15) is 24.1 Å². The monoisotopic (exact) mass is 1130 g/mol. The number of esters is 3. The van der Waals surface area contributed by atoms with Gasteiger partial charge in [0, 0.05) is 110 Å². The zero-order valence-corrected chi connectivity index (χ0v) is 54.8. The Balaban J connectivity index is 0.000000513. The average Bonchev–Trinajstić information content (AvgIpc) is 3.39. The number of piperidine rings is 5. The minimum atomic E-state index is -0.416. The number of hydrogen-bond donors (Lipinski definition) is 3. The summed E-state index contributed by atoms with van der Waals surface area (Å²) < 4.78 is 16.7. The Hall–Kier alpha value is -3.44. The third kappa shape index (κ3) is 27.9. The van der Waals surface area contributed by atoms with Crippen LogP contribution in [0.1, 0.15) is 147 Å². The van der Waals surface area contributed by atoms with Crippen LogP contribution in [0.25, 0.3) is 0 Å². The van der Waals surface area contributed by atoms with E-state index in [4.69, 9.17) is 14.2 Å². The van der Waals surface area contributed by atoms with Gasteiger partial charge >= 0.3 is 47.5 Å². The minimum absolute atomic E-state index is 0. The van der Waals surface area contributed by atoms with Crippen LogP contribution in [0.2, 0.25) is 0 Å². The molecule has 3 radical (unpaired) electrons. The summed E-state index contributed by atoms with van der Waals surface area (Å²) in [6.45, 7) is 40.2. The Morgan fingerprint density at radius 2 is 0.840 bits per heavy atom. The largest absolute Gasteiger partial charge is 1.00 e. The van der Waals surface area contributed by atoms with Crippen LogP contribution in [0.4, 0.5) is 0 Å². The van der Waals surface area contributed by atoms with Crippen molar-refractivity contribution in [2.45, 2.75) is 173 Å². The van der Waals surface area contributed by atoms with Gasteiger partial charge in [-0.2, -0.15) is 0 Å². The zero-order valence-electron chi connectivity index (χ0n) is 53.8. The van der Waals surface area contributed by atoms with Crippen molar-refractivity contribution >= 4 is 32.1 Å². The van der Waals surface area contributed by atoms with Crippen LogP contribution in [-0.2, 0) is 53.0 Å². The van der Waals surface area contributed by atoms with Gasteiger partial charge in [0.05, 0.1) is 22.3 Å². The molecule has 5 aliphatic rings. The number of rotatable bonds is 9. The standard InChI is InChI=1S/C18H27NO2.C13H19NO.C13H17NO.2C11H21NO2.B.Na.H/c1-14-12-19(13-15-8-6-5-7-9-15)11-10-16(14)21-17(20)18(2,3)4;2*1-11-9-14(8-7-13(11)15)10-12-5-3-2-4-6-12;2*1-8-7-12-6-5-9(8)14-10(13)11(2,3)4;;;/h5-9,14,16H,10-13H2,1-4H3;2-6,11,13,15H,7-10H2,1H3;2-6,11H,7-10H2,1H3;2*8-9,12H,5-7H2,1-4H3;;;/q;;;;;;+1;-1/t14-,16-;;;2*8-,9-;;;/m0..00.../s1. The van der Waals surface area contributed by atoms with E-state index in [-0.39, 0.29) is 98.5 Å². The molecule has 0 saturated carbocycles. The third-order valence-corrected chi connectivity index (χ3v) is 15.4. The number of hydrogen-bond acceptors (Lipinski definition) is 13. The third-order valence-electron chi connectivity index (χ3n) is 15.4. The maximum absolute atomic E-state index is 12.0. The first-order chi connectivity index (χ1) is 37.2. The van der Waals surface area contributed by atoms with Crippen LogP contribution in [0.3, 0.4) is 0 Å². The smallest absolute Gasteiger partial charge is 1.00 e. The Morgan fingerprint density at radius 1 is 0.506 bits per heavy atom. The number of carbonyl (C=O) groups excluding carboxylic acids is 4. The Morgan fingerprint density at radius 3 is 1.16 bits per heavy atom. The maximum Gasteiger partial charge on any atom is 1.00 e. The molecule has 3 aromatic rings. The maximum atomic E-state index is 12.0. The van der Waals surface area contributed by atoms with E-state index in [1.165, 1.54) is 16.7 Å². The number of benzene rings is 3. The van der Waals surface area contributed by atoms with Crippen LogP contribution in [0, 0.1) is 45.8 Å². The van der Waals surface area contributed by atoms with Crippen LogP contribution in [0.5, 0.6) is 0 Å². The van der Waals surface area contributed by atoms with Gasteiger partial charge in [-0.15, -0.1) is 0 Å². The number of carbonyl (C=O) groups is 4. The van der Waals surface area contributed by atoms with E-state index in [2.05, 4.69) is 126 Å². The molecular weight excluding hydrogens is 1020 g/mol. The van der Waals surface area contributed by atoms with Gasteiger partial charge in [0.25, 0.3) is 0 Å². The molecule has 0 aromatic heterocycles. The van der Waals surface area contributed by atoms with Crippen molar-refractivity contribution < 1.29 is 69.5 Å². The summed E-state index contributed by atoms with van der Waals surface area (Å²) in [5.41, 5.74) is 2.85. The second-order valence-electron chi connectivity index (χ2n) is 26.4. The van der Waals surface area contributed by atoms with E-state index in [1.54, 1.807) is 0 Å². The van der Waals surface area contributed by atoms with Crippen molar-refractivity contribution in [3.8, 4) is 0 Å². The number of ketones is 1. The summed E-state index contributed by atoms with van der Waals surface area (Å²) in [5, 5.41) is 16.2. The van der Waals surface area contributed by atoms with E-state index in [1.807, 2.05) is 87.4 Å². The summed E-state index contributed by atoms with van der Waals surface area (Å²) in [5.74, 6) is 2.01. The molecule has 9 atom stereocenters. The number of nitrogens with zero attached hydrogens (tertiary/aromatic N) is 3. The van der Waals surface area contributed by atoms with Crippen molar-refractivity contribution in [2.75, 3.05) is 65.4 Å². The predicted octanol–water partition coefficient (Wildman–Crippen LogP) is 7.36. The first kappa shape index (κ1) is 73.7. The van der Waals surface area contributed by atoms with Crippen molar-refractivity contribution in [1.82, 2.24) is 25.3 Å². The molecule has 15 heteroatoms. The van der Waals surface area contributed by atoms with Crippen LogP contribution >= 0.6 is 0 Å². The van der Waals surface area contributed by atoms with Gasteiger partial charge in [-0.05, 0) is 124 Å². The molecule has 3 aromatic carbocycles. The SMILES string of the molecule is CC1CN(Cc2ccccc2)CCC1=O.CC1CN(Cc2ccccc2)CCC1O.C[C@H]1CN(Cc2ccccc2)CC[C@@H]1OC(=O)C(C)(C)C.C[C@H]1CNCC[C@@H]1OC(=O)C(C)(C)C.C[C@H]1CNCC[C@@H]1OC(=O)C(C)(C)C.[B].[H-].[Na+]. The fraction of sp³-hybridized carbons (Fsp3) is 0.667. The average molecular weight is 1130 g/mol. The van der Waals surface area contributed by atoms with E-state index in [0.29, 0.717) is 35.9 Å². The molecule has 5 fully saturated rings. The number of nitrogens with one attached hydrogen (secondary N) is 2. The van der Waals surface area contributed by atoms with Crippen molar-refractivity contribution in [2.24, 2.45) is 45.8 Å². The molecule has 0 aliphatic carbocycles. The van der Waals surface area contributed by atoms with Gasteiger partial charge in [-0.1, -0.05) is 126 Å². The van der Waals surface area contributed by atoms with Crippen molar-refractivity contribution in [1.29, 1.82) is 0 Å². The molecule has 5 aliphatic heterocycles. The molecule has 8 rings (SSSR count). The zero-order chi connectivity index (χ0) is 58.3. The van der Waals surface area contributed by atoms with Gasteiger partial charge < -0.3 is 31.4 Å². The molecule has 0 spiro atoms. The second kappa shape index (κ2) is 36.4. The van der Waals surface area contributed by atoms with E-state index in [9.17, 15) is 24.3 Å². The molecule has 5 saturated heterocycles. The van der Waals surface area contributed by atoms with Gasteiger partial charge in [-0.3, -0.25) is 33.9 Å². The molecule has 5 heterocycles. The second-order valence-corrected chi connectivity index (χ2v) is 26.4. The first-order valence-corrected chi connectivity index (χ1v) is 29.7. The van der Waals surface area contributed by atoms with Gasteiger partial charge in [0.2, 0.25) is 0 Å². The Bertz CT molecular complexity index is 2210. The Labute approximate surface area is 515 Å². The van der Waals surface area contributed by atoms with E-state index in [0.717, 1.165) is 111 Å². The molecule has 13 nitrogen and oxygen atoms in total. The topological polar surface area (TPSA) is 150 Å². The molecular formula is C66H106BN5NaO8. The number of likely N-dealkylation sites (tertiary alicyclic amines) is 3. The molecule has 3 N–H and O–H groups in total. The summed E-state index contributed by atoms with van der Waals surface area (Å²) in [6, 6.07) is 31.5. The number of ether oxygens (including phenoxy) is 3. The Kier molecular flexibility index (Phi) is 33.1. The summed E-state index contributed by atoms with van der Waals surface area (Å²) in [4.78, 5) is 53.9. The van der Waals surface area contributed by atoms with Crippen LogP contribution < -0.4 is 40.2 Å². The van der Waals surface area contributed by atoms with Crippen molar-refractivity contribution in [3.05, 3.63) is 108 Å². The molecule has 0 bridgehead atoms. The van der Waals surface area contributed by atoms with Crippen LogP contribution in [-0.4, -0.2) is 142 Å². The summed E-state index contributed by atoms with van der Waals surface area (Å²) >= 11 is 0. The molecule has 447 valence electrons. The van der Waals surface area contributed by atoms with E-state index < -0.39 is 5.41 Å². The summed E-state index contributed by atoms with van der Waals surface area (Å²) in [6.07, 6.45) is 4.58. The summed E-state index contributed by atoms with van der Waals surface area (Å²) in [7, 11) is 0. The van der Waals surface area contributed by atoms with Crippen LogP contribution in [0.15, 0.2) is 91.0 Å². The number of aliphatic hydroxyl groups is 1. The number of Topliss-reactive ketones (excluding diaryl/α,β-unsaturated/α-hetero) is 1. The van der Waals surface area contributed by atoms with Gasteiger partial charge in [-0.25, -0.2) is 0 Å². The quantitative estimate of drug-likeness (QED) is 0.112. The molecule has 0 amide bonds. The normalized spacial score (nSPS) is 25.5. The van der Waals surface area contributed by atoms with Crippen molar-refractivity contribution in [3.63, 3.8) is 0 Å². The molecule has 81 heavy (non-hydrogen) atoms. The number of aliphatic hydroxyl groups excluding tert-OH is 1. The molecule has 3 unspecified atom stereocenters.